The minimum atomic E-state index is 0.241. The summed E-state index contributed by atoms with van der Waals surface area (Å²) in [5.74, 6) is 0. The van der Waals surface area contributed by atoms with Crippen molar-refractivity contribution in [2.45, 2.75) is 19.4 Å². The van der Waals surface area contributed by atoms with Crippen LogP contribution in [-0.4, -0.2) is 25.0 Å². The lowest BCUT2D eigenvalue weighted by Crippen LogP contribution is -2.31. The number of hydrogen-bond donors (Lipinski definition) is 1. The Bertz CT molecular complexity index is 344. The first-order chi connectivity index (χ1) is 7.60. The number of nitrogens with two attached hydrogens (primary N) is 1. The van der Waals surface area contributed by atoms with Gasteiger partial charge in [0.2, 0.25) is 0 Å². The predicted octanol–water partition coefficient (Wildman–Crippen LogP) is 3.44. The van der Waals surface area contributed by atoms with Crippen LogP contribution in [0.2, 0.25) is 5.02 Å². The van der Waals surface area contributed by atoms with Gasteiger partial charge in [-0.25, -0.2) is 0 Å². The number of halogens is 2. The fourth-order valence-electron chi connectivity index (χ4n) is 1.80. The van der Waals surface area contributed by atoms with Crippen molar-refractivity contribution >= 4 is 27.5 Å². The average Bonchev–Trinajstić information content (AvgIpc) is 2.25. The van der Waals surface area contributed by atoms with Crippen LogP contribution < -0.4 is 5.73 Å². The van der Waals surface area contributed by atoms with Gasteiger partial charge in [-0.15, -0.1) is 0 Å². The zero-order valence-corrected chi connectivity index (χ0v) is 12.1. The summed E-state index contributed by atoms with van der Waals surface area (Å²) in [6.07, 6.45) is 1.12. The molecular formula is C12H18BrClN2. The van der Waals surface area contributed by atoms with E-state index in [-0.39, 0.29) is 6.04 Å². The van der Waals surface area contributed by atoms with Gasteiger partial charge in [0, 0.05) is 17.1 Å². The molecule has 0 radical (unpaired) electrons. The zero-order chi connectivity index (χ0) is 12.1. The van der Waals surface area contributed by atoms with Crippen molar-refractivity contribution in [2.75, 3.05) is 20.1 Å². The molecule has 1 rings (SSSR count). The van der Waals surface area contributed by atoms with Crippen molar-refractivity contribution in [3.05, 3.63) is 33.3 Å². The summed E-state index contributed by atoms with van der Waals surface area (Å²) >= 11 is 9.48. The molecule has 1 aromatic rings. The molecule has 0 aromatic heterocycles. The van der Waals surface area contributed by atoms with Gasteiger partial charge in [-0.3, -0.25) is 4.90 Å². The van der Waals surface area contributed by atoms with E-state index in [9.17, 15) is 0 Å². The van der Waals surface area contributed by atoms with Crippen molar-refractivity contribution in [1.29, 1.82) is 0 Å². The molecule has 2 N–H and O–H groups in total. The normalized spacial score (nSPS) is 13.1. The van der Waals surface area contributed by atoms with E-state index in [1.165, 1.54) is 5.56 Å². The third-order valence-electron chi connectivity index (χ3n) is 2.66. The third kappa shape index (κ3) is 3.45. The highest BCUT2D eigenvalue weighted by atomic mass is 79.9. The van der Waals surface area contributed by atoms with Gasteiger partial charge in [-0.1, -0.05) is 24.6 Å². The van der Waals surface area contributed by atoms with Gasteiger partial charge >= 0.3 is 0 Å². The van der Waals surface area contributed by atoms with Crippen LogP contribution in [0.25, 0.3) is 0 Å². The molecule has 16 heavy (non-hydrogen) atoms. The quantitative estimate of drug-likeness (QED) is 0.903. The lowest BCUT2D eigenvalue weighted by molar-refractivity contribution is 0.251. The second kappa shape index (κ2) is 6.60. The van der Waals surface area contributed by atoms with Crippen LogP contribution >= 0.6 is 27.5 Å². The highest BCUT2D eigenvalue weighted by Gasteiger charge is 2.15. The first kappa shape index (κ1) is 14.0. The van der Waals surface area contributed by atoms with Crippen LogP contribution in [0.15, 0.2) is 22.7 Å². The number of benzene rings is 1. The van der Waals surface area contributed by atoms with E-state index in [0.29, 0.717) is 6.54 Å². The third-order valence-corrected chi connectivity index (χ3v) is 3.89. The summed E-state index contributed by atoms with van der Waals surface area (Å²) in [5, 5.41) is 0.737. The Balaban J connectivity index is 2.90. The zero-order valence-electron chi connectivity index (χ0n) is 9.71. The van der Waals surface area contributed by atoms with Gasteiger partial charge in [0.1, 0.15) is 0 Å². The summed E-state index contributed by atoms with van der Waals surface area (Å²) < 4.78 is 0.923. The van der Waals surface area contributed by atoms with E-state index in [2.05, 4.69) is 40.9 Å². The van der Waals surface area contributed by atoms with Crippen LogP contribution in [0.4, 0.5) is 0 Å². The largest absolute Gasteiger partial charge is 0.329 e. The highest BCUT2D eigenvalue weighted by molar-refractivity contribution is 9.10. The Morgan fingerprint density at radius 2 is 2.19 bits per heavy atom. The topological polar surface area (TPSA) is 29.3 Å². The molecule has 4 heteroatoms. The molecule has 2 nitrogen and oxygen atoms in total. The molecule has 1 aromatic carbocycles. The Labute approximate surface area is 111 Å². The Morgan fingerprint density at radius 1 is 1.50 bits per heavy atom. The van der Waals surface area contributed by atoms with E-state index in [0.717, 1.165) is 22.5 Å². The molecule has 1 unspecified atom stereocenters. The maximum atomic E-state index is 6.09. The lowest BCUT2D eigenvalue weighted by Gasteiger charge is -2.27. The molecule has 0 aliphatic carbocycles. The number of likely N-dealkylation sites (N-methyl/N-ethyl adjacent to an activating group) is 1. The van der Waals surface area contributed by atoms with Gasteiger partial charge < -0.3 is 5.73 Å². The molecule has 0 amide bonds. The molecule has 0 saturated heterocycles. The van der Waals surface area contributed by atoms with Crippen LogP contribution in [0.1, 0.15) is 24.9 Å². The summed E-state index contributed by atoms with van der Waals surface area (Å²) in [5.41, 5.74) is 7.00. The Kier molecular flexibility index (Phi) is 5.76. The first-order valence-electron chi connectivity index (χ1n) is 5.45. The molecule has 0 aliphatic rings. The minimum absolute atomic E-state index is 0.241. The summed E-state index contributed by atoms with van der Waals surface area (Å²) in [7, 11) is 2.09. The van der Waals surface area contributed by atoms with Crippen LogP contribution in [-0.2, 0) is 0 Å². The Morgan fingerprint density at radius 3 is 2.69 bits per heavy atom. The molecule has 1 atom stereocenters. The Hall–Kier alpha value is -0.0900. The molecule has 0 bridgehead atoms. The summed E-state index contributed by atoms with van der Waals surface area (Å²) in [6.45, 7) is 3.81. The maximum Gasteiger partial charge on any atom is 0.0551 e. The monoisotopic (exact) mass is 304 g/mol. The second-order valence-electron chi connectivity index (χ2n) is 3.91. The SMILES string of the molecule is CCCN(C)C(CN)c1ccc(Br)c(Cl)c1. The second-order valence-corrected chi connectivity index (χ2v) is 5.17. The summed E-state index contributed by atoms with van der Waals surface area (Å²) in [6, 6.07) is 6.26. The van der Waals surface area contributed by atoms with E-state index in [1.807, 2.05) is 12.1 Å². The van der Waals surface area contributed by atoms with Gasteiger partial charge in [0.25, 0.3) is 0 Å². The maximum absolute atomic E-state index is 6.09. The van der Waals surface area contributed by atoms with E-state index in [4.69, 9.17) is 17.3 Å². The van der Waals surface area contributed by atoms with E-state index < -0.39 is 0 Å². The minimum Gasteiger partial charge on any atom is -0.329 e. The molecule has 0 heterocycles. The predicted molar refractivity (Wildman–Crippen MR) is 73.9 cm³/mol. The smallest absolute Gasteiger partial charge is 0.0551 e. The van der Waals surface area contributed by atoms with Gasteiger partial charge in [0.15, 0.2) is 0 Å². The van der Waals surface area contributed by atoms with E-state index in [1.54, 1.807) is 0 Å². The van der Waals surface area contributed by atoms with Gasteiger partial charge in [-0.2, -0.15) is 0 Å². The molecular weight excluding hydrogens is 288 g/mol. The van der Waals surface area contributed by atoms with Crippen molar-refractivity contribution in [3.63, 3.8) is 0 Å². The molecule has 0 saturated carbocycles. The fraction of sp³-hybridized carbons (Fsp3) is 0.500. The molecule has 0 fully saturated rings. The molecule has 0 aliphatic heterocycles. The molecule has 90 valence electrons. The summed E-state index contributed by atoms with van der Waals surface area (Å²) in [4.78, 5) is 2.26. The number of rotatable bonds is 5. The molecule has 0 spiro atoms. The van der Waals surface area contributed by atoms with Crippen molar-refractivity contribution < 1.29 is 0 Å². The standard InChI is InChI=1S/C12H18BrClN2/c1-3-6-16(2)12(8-15)9-4-5-10(13)11(14)7-9/h4-5,7,12H,3,6,8,15H2,1-2H3. The van der Waals surface area contributed by atoms with Crippen molar-refractivity contribution in [3.8, 4) is 0 Å². The van der Waals surface area contributed by atoms with Crippen molar-refractivity contribution in [2.24, 2.45) is 5.73 Å². The highest BCUT2D eigenvalue weighted by Crippen LogP contribution is 2.27. The number of nitrogens with zero attached hydrogens (tertiary/aromatic N) is 1. The lowest BCUT2D eigenvalue weighted by atomic mass is 10.1. The first-order valence-corrected chi connectivity index (χ1v) is 6.62. The fourth-order valence-corrected chi connectivity index (χ4v) is 2.23. The van der Waals surface area contributed by atoms with Crippen LogP contribution in [0.3, 0.4) is 0 Å². The van der Waals surface area contributed by atoms with Crippen molar-refractivity contribution in [1.82, 2.24) is 4.90 Å². The van der Waals surface area contributed by atoms with Crippen LogP contribution in [0, 0.1) is 0 Å². The van der Waals surface area contributed by atoms with Gasteiger partial charge in [-0.05, 0) is 53.6 Å². The van der Waals surface area contributed by atoms with Gasteiger partial charge in [0.05, 0.1) is 5.02 Å². The van der Waals surface area contributed by atoms with Crippen LogP contribution in [0.5, 0.6) is 0 Å². The van der Waals surface area contributed by atoms with E-state index >= 15 is 0 Å². The number of hydrogen-bond acceptors (Lipinski definition) is 2. The average molecular weight is 306 g/mol.